The molecule has 0 aliphatic rings. The van der Waals surface area contributed by atoms with Crippen LogP contribution in [0.2, 0.25) is 5.02 Å². The minimum atomic E-state index is -0.393. The van der Waals surface area contributed by atoms with Crippen LogP contribution >= 0.6 is 11.6 Å². The van der Waals surface area contributed by atoms with Gasteiger partial charge in [0.25, 0.3) is 0 Å². The second-order valence-electron chi connectivity index (χ2n) is 3.86. The lowest BCUT2D eigenvalue weighted by molar-refractivity contribution is 0.629. The first-order valence-electron chi connectivity index (χ1n) is 5.45. The van der Waals surface area contributed by atoms with Gasteiger partial charge >= 0.3 is 0 Å². The summed E-state index contributed by atoms with van der Waals surface area (Å²) in [6.45, 7) is 0.634. The lowest BCUT2D eigenvalue weighted by Gasteiger charge is -2.04. The SMILES string of the molecule is NCCc1ccc(-c2ccc(Cl)c(F)c2)cc1. The molecule has 1 nitrogen and oxygen atoms in total. The maximum absolute atomic E-state index is 13.3. The Morgan fingerprint density at radius 1 is 1.00 bits per heavy atom. The number of halogens is 2. The molecule has 0 aromatic heterocycles. The van der Waals surface area contributed by atoms with Crippen molar-refractivity contribution in [3.05, 3.63) is 58.9 Å². The zero-order valence-electron chi connectivity index (χ0n) is 9.29. The maximum atomic E-state index is 13.3. The van der Waals surface area contributed by atoms with Gasteiger partial charge < -0.3 is 5.73 Å². The number of benzene rings is 2. The van der Waals surface area contributed by atoms with Gasteiger partial charge in [-0.25, -0.2) is 4.39 Å². The van der Waals surface area contributed by atoms with Crippen molar-refractivity contribution in [3.63, 3.8) is 0 Å². The third kappa shape index (κ3) is 2.84. The summed E-state index contributed by atoms with van der Waals surface area (Å²) in [5.41, 5.74) is 8.47. The molecular weight excluding hydrogens is 237 g/mol. The molecule has 2 N–H and O–H groups in total. The number of nitrogens with two attached hydrogens (primary N) is 1. The van der Waals surface area contributed by atoms with Crippen LogP contribution in [0, 0.1) is 5.82 Å². The van der Waals surface area contributed by atoms with Crippen LogP contribution in [0.5, 0.6) is 0 Å². The molecule has 0 saturated carbocycles. The van der Waals surface area contributed by atoms with Crippen LogP contribution in [-0.2, 0) is 6.42 Å². The van der Waals surface area contributed by atoms with Crippen molar-refractivity contribution in [3.8, 4) is 11.1 Å². The van der Waals surface area contributed by atoms with E-state index in [1.807, 2.05) is 30.3 Å². The summed E-state index contributed by atoms with van der Waals surface area (Å²) in [4.78, 5) is 0. The van der Waals surface area contributed by atoms with E-state index in [2.05, 4.69) is 0 Å². The molecule has 88 valence electrons. The van der Waals surface area contributed by atoms with E-state index in [1.165, 1.54) is 11.6 Å². The minimum absolute atomic E-state index is 0.147. The zero-order valence-corrected chi connectivity index (χ0v) is 10.0. The van der Waals surface area contributed by atoms with Crippen LogP contribution in [0.1, 0.15) is 5.56 Å². The Kier molecular flexibility index (Phi) is 3.77. The van der Waals surface area contributed by atoms with E-state index < -0.39 is 5.82 Å². The zero-order chi connectivity index (χ0) is 12.3. The second-order valence-corrected chi connectivity index (χ2v) is 4.27. The normalized spacial score (nSPS) is 10.5. The summed E-state index contributed by atoms with van der Waals surface area (Å²) in [5, 5.41) is 0.147. The van der Waals surface area contributed by atoms with Gasteiger partial charge in [0.05, 0.1) is 5.02 Å². The molecule has 0 saturated heterocycles. The average Bonchev–Trinajstić information content (AvgIpc) is 2.34. The third-order valence-electron chi connectivity index (χ3n) is 2.64. The first kappa shape index (κ1) is 12.1. The Morgan fingerprint density at radius 3 is 2.24 bits per heavy atom. The van der Waals surface area contributed by atoms with Crippen molar-refractivity contribution >= 4 is 11.6 Å². The number of hydrogen-bond donors (Lipinski definition) is 1. The van der Waals surface area contributed by atoms with Gasteiger partial charge in [0.2, 0.25) is 0 Å². The van der Waals surface area contributed by atoms with E-state index in [0.29, 0.717) is 6.54 Å². The van der Waals surface area contributed by atoms with Gasteiger partial charge in [0.1, 0.15) is 5.82 Å². The van der Waals surface area contributed by atoms with Crippen molar-refractivity contribution in [2.24, 2.45) is 5.73 Å². The van der Waals surface area contributed by atoms with Gasteiger partial charge in [-0.3, -0.25) is 0 Å². The second kappa shape index (κ2) is 5.30. The molecule has 0 bridgehead atoms. The van der Waals surface area contributed by atoms with E-state index in [4.69, 9.17) is 17.3 Å². The molecule has 2 aromatic carbocycles. The van der Waals surface area contributed by atoms with E-state index in [1.54, 1.807) is 6.07 Å². The first-order valence-corrected chi connectivity index (χ1v) is 5.83. The van der Waals surface area contributed by atoms with Crippen molar-refractivity contribution in [2.45, 2.75) is 6.42 Å². The summed E-state index contributed by atoms with van der Waals surface area (Å²) in [6.07, 6.45) is 0.856. The van der Waals surface area contributed by atoms with E-state index in [-0.39, 0.29) is 5.02 Å². The molecule has 0 unspecified atom stereocenters. The topological polar surface area (TPSA) is 26.0 Å². The van der Waals surface area contributed by atoms with Gasteiger partial charge in [-0.2, -0.15) is 0 Å². The van der Waals surface area contributed by atoms with E-state index >= 15 is 0 Å². The highest BCUT2D eigenvalue weighted by Gasteiger charge is 2.03. The van der Waals surface area contributed by atoms with Crippen LogP contribution < -0.4 is 5.73 Å². The predicted octanol–water partition coefficient (Wildman–Crippen LogP) is 3.65. The van der Waals surface area contributed by atoms with Gasteiger partial charge in [0.15, 0.2) is 0 Å². The summed E-state index contributed by atoms with van der Waals surface area (Å²) in [7, 11) is 0. The van der Waals surface area contributed by atoms with Crippen molar-refractivity contribution in [1.29, 1.82) is 0 Å². The first-order chi connectivity index (χ1) is 8.20. The molecule has 0 spiro atoms. The van der Waals surface area contributed by atoms with Crippen LogP contribution in [0.3, 0.4) is 0 Å². The average molecular weight is 250 g/mol. The Bertz CT molecular complexity index is 508. The molecule has 0 heterocycles. The van der Waals surface area contributed by atoms with Crippen LogP contribution in [-0.4, -0.2) is 6.54 Å². The fraction of sp³-hybridized carbons (Fsp3) is 0.143. The van der Waals surface area contributed by atoms with Gasteiger partial charge in [-0.1, -0.05) is 41.9 Å². The molecule has 2 aromatic rings. The molecule has 17 heavy (non-hydrogen) atoms. The highest BCUT2D eigenvalue weighted by Crippen LogP contribution is 2.24. The molecule has 0 amide bonds. The van der Waals surface area contributed by atoms with Gasteiger partial charge in [-0.15, -0.1) is 0 Å². The Balaban J connectivity index is 2.30. The van der Waals surface area contributed by atoms with Gasteiger partial charge in [0, 0.05) is 0 Å². The monoisotopic (exact) mass is 249 g/mol. The fourth-order valence-corrected chi connectivity index (χ4v) is 1.82. The largest absolute Gasteiger partial charge is 0.330 e. The third-order valence-corrected chi connectivity index (χ3v) is 2.95. The molecule has 0 aliphatic heterocycles. The molecule has 3 heteroatoms. The van der Waals surface area contributed by atoms with Crippen LogP contribution in [0.15, 0.2) is 42.5 Å². The minimum Gasteiger partial charge on any atom is -0.330 e. The highest BCUT2D eigenvalue weighted by atomic mass is 35.5. The summed E-state index contributed by atoms with van der Waals surface area (Å²) in [6, 6.07) is 12.8. The maximum Gasteiger partial charge on any atom is 0.142 e. The number of hydrogen-bond acceptors (Lipinski definition) is 1. The Labute approximate surface area is 105 Å². The van der Waals surface area contributed by atoms with Crippen LogP contribution in [0.25, 0.3) is 11.1 Å². The molecular formula is C14H13ClFN. The number of rotatable bonds is 3. The van der Waals surface area contributed by atoms with E-state index in [0.717, 1.165) is 17.5 Å². The quantitative estimate of drug-likeness (QED) is 0.883. The molecule has 0 atom stereocenters. The molecule has 2 rings (SSSR count). The lowest BCUT2D eigenvalue weighted by atomic mass is 10.0. The molecule has 0 radical (unpaired) electrons. The smallest absolute Gasteiger partial charge is 0.142 e. The Hall–Kier alpha value is -1.38. The molecule has 0 fully saturated rings. The summed E-state index contributed by atoms with van der Waals surface area (Å²) in [5.74, 6) is -0.393. The standard InChI is InChI=1S/C14H13ClFN/c15-13-6-5-12(9-14(13)16)11-3-1-10(2-4-11)7-8-17/h1-6,9H,7-8,17H2. The van der Waals surface area contributed by atoms with Crippen LogP contribution in [0.4, 0.5) is 4.39 Å². The summed E-state index contributed by atoms with van der Waals surface area (Å²) >= 11 is 5.65. The predicted molar refractivity (Wildman–Crippen MR) is 69.6 cm³/mol. The lowest BCUT2D eigenvalue weighted by Crippen LogP contribution is -2.02. The van der Waals surface area contributed by atoms with Gasteiger partial charge in [-0.05, 0) is 41.8 Å². The van der Waals surface area contributed by atoms with E-state index in [9.17, 15) is 4.39 Å². The fourth-order valence-electron chi connectivity index (χ4n) is 1.71. The molecule has 0 aliphatic carbocycles. The highest BCUT2D eigenvalue weighted by molar-refractivity contribution is 6.30. The summed E-state index contributed by atoms with van der Waals surface area (Å²) < 4.78 is 13.3. The van der Waals surface area contributed by atoms with Crippen molar-refractivity contribution in [2.75, 3.05) is 6.54 Å². The Morgan fingerprint density at radius 2 is 1.65 bits per heavy atom. The van der Waals surface area contributed by atoms with Crippen molar-refractivity contribution < 1.29 is 4.39 Å². The van der Waals surface area contributed by atoms with Crippen molar-refractivity contribution in [1.82, 2.24) is 0 Å².